The van der Waals surface area contributed by atoms with Crippen molar-refractivity contribution in [2.75, 3.05) is 0 Å². The van der Waals surface area contributed by atoms with Crippen molar-refractivity contribution in [3.05, 3.63) is 101 Å². The molecule has 35 heavy (non-hydrogen) atoms. The molecule has 7 heteroatoms. The lowest BCUT2D eigenvalue weighted by Gasteiger charge is -2.35. The van der Waals surface area contributed by atoms with Crippen LogP contribution in [0.3, 0.4) is 0 Å². The van der Waals surface area contributed by atoms with Gasteiger partial charge in [-0.2, -0.15) is 0 Å². The van der Waals surface area contributed by atoms with Crippen LogP contribution in [0.4, 0.5) is 0 Å². The molecule has 0 spiro atoms. The van der Waals surface area contributed by atoms with Gasteiger partial charge < -0.3 is 24.8 Å². The summed E-state index contributed by atoms with van der Waals surface area (Å²) in [5, 5.41) is 33.1. The Morgan fingerprint density at radius 1 is 0.886 bits per heavy atom. The molecule has 5 rings (SSSR count). The Hall–Kier alpha value is -4.10. The summed E-state index contributed by atoms with van der Waals surface area (Å²) in [5.41, 5.74) is 1.49. The Morgan fingerprint density at radius 2 is 1.57 bits per heavy atom. The van der Waals surface area contributed by atoms with Gasteiger partial charge in [-0.05, 0) is 11.1 Å². The van der Waals surface area contributed by atoms with Gasteiger partial charge in [0.05, 0.1) is 6.42 Å². The van der Waals surface area contributed by atoms with Gasteiger partial charge >= 0.3 is 5.97 Å². The van der Waals surface area contributed by atoms with E-state index in [1.54, 1.807) is 30.3 Å². The highest BCUT2D eigenvalue weighted by atomic mass is 16.6. The highest BCUT2D eigenvalue weighted by molar-refractivity contribution is 6.03. The summed E-state index contributed by atoms with van der Waals surface area (Å²) >= 11 is 0. The number of carbonyl (C=O) groups excluding carboxylic acids is 2. The Kier molecular flexibility index (Phi) is 6.01. The molecule has 0 aliphatic carbocycles. The molecular formula is C28H24O7. The SMILES string of the molecule is O=C1C=CC[C@H]([C@@H](O)[C@H](c2ccccc2)c2c(O)cc(O)c3c2O[C@H](c2ccccc2)CC3=O)O1. The van der Waals surface area contributed by atoms with E-state index in [4.69, 9.17) is 9.47 Å². The topological polar surface area (TPSA) is 113 Å². The van der Waals surface area contributed by atoms with Crippen molar-refractivity contribution in [3.63, 3.8) is 0 Å². The number of hydrogen-bond acceptors (Lipinski definition) is 7. The van der Waals surface area contributed by atoms with Crippen LogP contribution in [0.15, 0.2) is 78.9 Å². The predicted octanol–water partition coefficient (Wildman–Crippen LogP) is 4.17. The first kappa shape index (κ1) is 22.7. The van der Waals surface area contributed by atoms with Crippen molar-refractivity contribution >= 4 is 11.8 Å². The van der Waals surface area contributed by atoms with Gasteiger partial charge in [0, 0.05) is 30.0 Å². The van der Waals surface area contributed by atoms with E-state index in [1.165, 1.54) is 6.08 Å². The maximum atomic E-state index is 13.2. The molecule has 0 unspecified atom stereocenters. The fourth-order valence-electron chi connectivity index (χ4n) is 4.80. The van der Waals surface area contributed by atoms with Crippen LogP contribution in [0.1, 0.15) is 51.9 Å². The van der Waals surface area contributed by atoms with Gasteiger partial charge in [-0.1, -0.05) is 66.7 Å². The number of rotatable bonds is 5. The van der Waals surface area contributed by atoms with E-state index in [0.29, 0.717) is 5.56 Å². The van der Waals surface area contributed by atoms with Crippen LogP contribution in [0, 0.1) is 0 Å². The number of ketones is 1. The van der Waals surface area contributed by atoms with Gasteiger partial charge in [0.2, 0.25) is 0 Å². The van der Waals surface area contributed by atoms with Crippen LogP contribution in [-0.2, 0) is 9.53 Å². The first-order valence-electron chi connectivity index (χ1n) is 11.4. The van der Waals surface area contributed by atoms with Crippen molar-refractivity contribution in [2.24, 2.45) is 0 Å². The molecule has 0 saturated carbocycles. The molecule has 0 saturated heterocycles. The number of hydrogen-bond donors (Lipinski definition) is 3. The van der Waals surface area contributed by atoms with E-state index in [1.807, 2.05) is 36.4 Å². The molecule has 0 fully saturated rings. The van der Waals surface area contributed by atoms with Gasteiger partial charge in [-0.25, -0.2) is 4.79 Å². The van der Waals surface area contributed by atoms with Crippen molar-refractivity contribution in [1.29, 1.82) is 0 Å². The minimum absolute atomic E-state index is 0.0122. The van der Waals surface area contributed by atoms with Crippen LogP contribution in [0.2, 0.25) is 0 Å². The second-order valence-corrected chi connectivity index (χ2v) is 8.67. The van der Waals surface area contributed by atoms with E-state index in [2.05, 4.69) is 0 Å². The number of fused-ring (bicyclic) bond motifs is 1. The lowest BCUT2D eigenvalue weighted by atomic mass is 9.80. The normalized spacial score (nSPS) is 20.9. The molecular weight excluding hydrogens is 448 g/mol. The quantitative estimate of drug-likeness (QED) is 0.478. The Balaban J connectivity index is 1.67. The molecule has 2 aliphatic heterocycles. The molecule has 0 aromatic heterocycles. The number of ether oxygens (including phenoxy) is 2. The number of Topliss-reactive ketones (excluding diaryl/α,β-unsaturated/α-hetero) is 1. The second-order valence-electron chi connectivity index (χ2n) is 8.67. The third kappa shape index (κ3) is 4.26. The third-order valence-corrected chi connectivity index (χ3v) is 6.44. The summed E-state index contributed by atoms with van der Waals surface area (Å²) in [6.07, 6.45) is 0.418. The summed E-state index contributed by atoms with van der Waals surface area (Å²) in [6, 6.07) is 19.2. The molecule has 0 amide bonds. The van der Waals surface area contributed by atoms with Crippen LogP contribution in [0.25, 0.3) is 0 Å². The van der Waals surface area contributed by atoms with Crippen molar-refractivity contribution in [2.45, 2.75) is 37.1 Å². The number of aromatic hydroxyl groups is 2. The van der Waals surface area contributed by atoms with Gasteiger partial charge in [0.15, 0.2) is 5.78 Å². The van der Waals surface area contributed by atoms with Crippen LogP contribution >= 0.6 is 0 Å². The molecule has 3 N–H and O–H groups in total. The van der Waals surface area contributed by atoms with Crippen LogP contribution in [0.5, 0.6) is 17.2 Å². The molecule has 4 atom stereocenters. The fraction of sp³-hybridized carbons (Fsp3) is 0.214. The number of esters is 1. The molecule has 0 radical (unpaired) electrons. The zero-order valence-corrected chi connectivity index (χ0v) is 18.7. The van der Waals surface area contributed by atoms with Crippen molar-refractivity contribution in [3.8, 4) is 17.2 Å². The summed E-state index contributed by atoms with van der Waals surface area (Å²) in [4.78, 5) is 25.1. The average Bonchev–Trinajstić information content (AvgIpc) is 2.86. The molecule has 2 aliphatic rings. The largest absolute Gasteiger partial charge is 0.507 e. The molecule has 3 aromatic rings. The molecule has 7 nitrogen and oxygen atoms in total. The van der Waals surface area contributed by atoms with Gasteiger partial charge in [-0.3, -0.25) is 4.79 Å². The Morgan fingerprint density at radius 3 is 2.26 bits per heavy atom. The van der Waals surface area contributed by atoms with Gasteiger partial charge in [0.1, 0.15) is 41.1 Å². The van der Waals surface area contributed by atoms with E-state index in [9.17, 15) is 24.9 Å². The van der Waals surface area contributed by atoms with E-state index >= 15 is 0 Å². The molecule has 0 bridgehead atoms. The summed E-state index contributed by atoms with van der Waals surface area (Å²) in [6.45, 7) is 0. The monoisotopic (exact) mass is 472 g/mol. The summed E-state index contributed by atoms with van der Waals surface area (Å²) < 4.78 is 11.6. The number of phenolic OH excluding ortho intramolecular Hbond substituents is 2. The lowest BCUT2D eigenvalue weighted by molar-refractivity contribution is -0.150. The lowest BCUT2D eigenvalue weighted by Crippen LogP contribution is -2.38. The van der Waals surface area contributed by atoms with Crippen molar-refractivity contribution in [1.82, 2.24) is 0 Å². The Labute approximate surface area is 201 Å². The van der Waals surface area contributed by atoms with E-state index in [-0.39, 0.29) is 41.3 Å². The minimum Gasteiger partial charge on any atom is -0.507 e. The molecule has 3 aromatic carbocycles. The van der Waals surface area contributed by atoms with E-state index in [0.717, 1.165) is 11.6 Å². The highest BCUT2D eigenvalue weighted by Crippen LogP contribution is 2.50. The van der Waals surface area contributed by atoms with Crippen molar-refractivity contribution < 1.29 is 34.4 Å². The van der Waals surface area contributed by atoms with E-state index < -0.39 is 35.9 Å². The minimum atomic E-state index is -1.28. The first-order valence-corrected chi connectivity index (χ1v) is 11.4. The molecule has 178 valence electrons. The highest BCUT2D eigenvalue weighted by Gasteiger charge is 2.41. The fourth-order valence-corrected chi connectivity index (χ4v) is 4.80. The second kappa shape index (κ2) is 9.27. The number of phenols is 2. The average molecular weight is 472 g/mol. The summed E-state index contributed by atoms with van der Waals surface area (Å²) in [7, 11) is 0. The maximum Gasteiger partial charge on any atom is 0.330 e. The smallest absolute Gasteiger partial charge is 0.330 e. The molecule has 2 heterocycles. The zero-order chi connectivity index (χ0) is 24.5. The third-order valence-electron chi connectivity index (χ3n) is 6.44. The number of cyclic esters (lactones) is 1. The maximum absolute atomic E-state index is 13.2. The predicted molar refractivity (Wildman–Crippen MR) is 126 cm³/mol. The number of aliphatic hydroxyl groups is 1. The Bertz CT molecular complexity index is 1280. The van der Waals surface area contributed by atoms with Crippen LogP contribution in [-0.4, -0.2) is 39.3 Å². The zero-order valence-electron chi connectivity index (χ0n) is 18.7. The van der Waals surface area contributed by atoms with Crippen LogP contribution < -0.4 is 4.74 Å². The van der Waals surface area contributed by atoms with Gasteiger partial charge in [0.25, 0.3) is 0 Å². The number of carbonyl (C=O) groups is 2. The number of aliphatic hydroxyl groups excluding tert-OH is 1. The summed E-state index contributed by atoms with van der Waals surface area (Å²) in [5.74, 6) is -2.55. The first-order chi connectivity index (χ1) is 16.9. The van der Waals surface area contributed by atoms with Gasteiger partial charge in [-0.15, -0.1) is 0 Å². The standard InChI is InChI=1S/C28H24O7/c29-18-14-19(30)26(28-25(18)20(31)15-22(35-28)16-8-3-1-4-9-16)24(17-10-5-2-6-11-17)27(33)21-12-7-13-23(32)34-21/h1-11,13-14,21-22,24,27,29-30,33H,12,15H2/t21-,22+,24-,27-/m1/s1. The number of benzene rings is 3.